The van der Waals surface area contributed by atoms with Crippen LogP contribution in [0.3, 0.4) is 0 Å². The summed E-state index contributed by atoms with van der Waals surface area (Å²) >= 11 is 1.71. The first-order chi connectivity index (χ1) is 8.34. The topological polar surface area (TPSA) is 20.2 Å². The normalized spacial score (nSPS) is 10.8. The van der Waals surface area contributed by atoms with E-state index in [0.29, 0.717) is 5.75 Å². The van der Waals surface area contributed by atoms with Crippen molar-refractivity contribution in [2.24, 2.45) is 0 Å². The molecule has 0 aliphatic rings. The predicted molar refractivity (Wildman–Crippen MR) is 74.3 cm³/mol. The average Bonchev–Trinajstić information content (AvgIpc) is 2.36. The van der Waals surface area contributed by atoms with Crippen molar-refractivity contribution >= 4 is 17.8 Å². The first kappa shape index (κ1) is 11.8. The van der Waals surface area contributed by atoms with Crippen molar-refractivity contribution in [2.75, 3.05) is 5.75 Å². The maximum atomic E-state index is 9.32. The Morgan fingerprint density at radius 2 is 1.82 bits per heavy atom. The van der Waals surface area contributed by atoms with Gasteiger partial charge in [0.15, 0.2) is 0 Å². The van der Waals surface area contributed by atoms with Crippen molar-refractivity contribution in [3.8, 4) is 5.75 Å². The molecule has 0 heterocycles. The van der Waals surface area contributed by atoms with Crippen LogP contribution in [0.5, 0.6) is 5.75 Å². The molecule has 2 aromatic rings. The van der Waals surface area contributed by atoms with Crippen LogP contribution in [-0.2, 0) is 0 Å². The maximum Gasteiger partial charge on any atom is 0.116 e. The molecule has 0 spiro atoms. The van der Waals surface area contributed by atoms with E-state index in [1.54, 1.807) is 23.9 Å². The molecule has 0 bridgehead atoms. The standard InChI is InChI=1S/C15H14OS/c16-14-9-4-10-15(12-14)17-11-5-8-13-6-2-1-3-7-13/h1-10,12,16H,11H2/b8-5+. The number of phenolic OH excluding ortho intramolecular Hbond substituents is 1. The molecule has 86 valence electrons. The Labute approximate surface area is 106 Å². The van der Waals surface area contributed by atoms with Crippen LogP contribution < -0.4 is 0 Å². The largest absolute Gasteiger partial charge is 0.508 e. The van der Waals surface area contributed by atoms with Crippen LogP contribution in [0.15, 0.2) is 65.6 Å². The number of benzene rings is 2. The van der Waals surface area contributed by atoms with Gasteiger partial charge >= 0.3 is 0 Å². The fourth-order valence-electron chi connectivity index (χ4n) is 1.47. The molecule has 2 aromatic carbocycles. The van der Waals surface area contributed by atoms with Crippen LogP contribution in [0.2, 0.25) is 0 Å². The Kier molecular flexibility index (Phi) is 4.28. The first-order valence-electron chi connectivity index (χ1n) is 5.48. The molecule has 0 aliphatic carbocycles. The molecule has 0 unspecified atom stereocenters. The number of hydrogen-bond acceptors (Lipinski definition) is 2. The minimum atomic E-state index is 0.321. The zero-order valence-electron chi connectivity index (χ0n) is 9.41. The van der Waals surface area contributed by atoms with Gasteiger partial charge < -0.3 is 5.11 Å². The number of thioether (sulfide) groups is 1. The Morgan fingerprint density at radius 1 is 1.00 bits per heavy atom. The Hall–Kier alpha value is -1.67. The lowest BCUT2D eigenvalue weighted by Crippen LogP contribution is -1.74. The second-order valence-electron chi connectivity index (χ2n) is 3.62. The fourth-order valence-corrected chi connectivity index (χ4v) is 2.23. The molecule has 1 N–H and O–H groups in total. The van der Waals surface area contributed by atoms with E-state index in [-0.39, 0.29) is 0 Å². The van der Waals surface area contributed by atoms with Gasteiger partial charge in [-0.3, -0.25) is 0 Å². The smallest absolute Gasteiger partial charge is 0.116 e. The van der Waals surface area contributed by atoms with Gasteiger partial charge in [0.05, 0.1) is 0 Å². The quantitative estimate of drug-likeness (QED) is 0.811. The van der Waals surface area contributed by atoms with Crippen LogP contribution in [0.4, 0.5) is 0 Å². The molecule has 0 radical (unpaired) electrons. The highest BCUT2D eigenvalue weighted by atomic mass is 32.2. The Morgan fingerprint density at radius 3 is 2.59 bits per heavy atom. The highest BCUT2D eigenvalue weighted by Gasteiger charge is 1.93. The summed E-state index contributed by atoms with van der Waals surface area (Å²) in [5.74, 6) is 1.22. The molecule has 0 saturated carbocycles. The second kappa shape index (κ2) is 6.16. The summed E-state index contributed by atoms with van der Waals surface area (Å²) in [5, 5.41) is 9.32. The third-order valence-corrected chi connectivity index (χ3v) is 3.22. The van der Waals surface area contributed by atoms with E-state index >= 15 is 0 Å². The summed E-state index contributed by atoms with van der Waals surface area (Å²) in [4.78, 5) is 1.09. The van der Waals surface area contributed by atoms with Gasteiger partial charge in [-0.1, -0.05) is 48.6 Å². The lowest BCUT2D eigenvalue weighted by atomic mass is 10.2. The first-order valence-corrected chi connectivity index (χ1v) is 6.46. The van der Waals surface area contributed by atoms with Crippen molar-refractivity contribution in [1.29, 1.82) is 0 Å². The van der Waals surface area contributed by atoms with Crippen molar-refractivity contribution in [1.82, 2.24) is 0 Å². The summed E-state index contributed by atoms with van der Waals surface area (Å²) < 4.78 is 0. The Bertz CT molecular complexity index is 491. The van der Waals surface area contributed by atoms with E-state index in [1.807, 2.05) is 30.3 Å². The van der Waals surface area contributed by atoms with Gasteiger partial charge in [0.1, 0.15) is 5.75 Å². The fraction of sp³-hybridized carbons (Fsp3) is 0.0667. The summed E-state index contributed by atoms with van der Waals surface area (Å²) in [6, 6.07) is 17.6. The van der Waals surface area contributed by atoms with Crippen LogP contribution in [0.25, 0.3) is 6.08 Å². The molecule has 0 aliphatic heterocycles. The van der Waals surface area contributed by atoms with Crippen LogP contribution in [-0.4, -0.2) is 10.9 Å². The predicted octanol–water partition coefficient (Wildman–Crippen LogP) is 4.20. The molecule has 2 heteroatoms. The summed E-state index contributed by atoms with van der Waals surface area (Å²) in [6.45, 7) is 0. The molecule has 0 aromatic heterocycles. The lowest BCUT2D eigenvalue weighted by molar-refractivity contribution is 0.474. The second-order valence-corrected chi connectivity index (χ2v) is 4.71. The van der Waals surface area contributed by atoms with Gasteiger partial charge in [0.25, 0.3) is 0 Å². The van der Waals surface area contributed by atoms with Crippen molar-refractivity contribution in [3.63, 3.8) is 0 Å². The highest BCUT2D eigenvalue weighted by molar-refractivity contribution is 7.99. The van der Waals surface area contributed by atoms with Crippen molar-refractivity contribution in [2.45, 2.75) is 4.90 Å². The maximum absolute atomic E-state index is 9.32. The van der Waals surface area contributed by atoms with Gasteiger partial charge in [-0.25, -0.2) is 0 Å². The third-order valence-electron chi connectivity index (χ3n) is 2.27. The molecule has 2 rings (SSSR count). The van der Waals surface area contributed by atoms with E-state index < -0.39 is 0 Å². The van der Waals surface area contributed by atoms with E-state index in [9.17, 15) is 5.11 Å². The molecular formula is C15H14OS. The summed E-state index contributed by atoms with van der Waals surface area (Å²) in [6.07, 6.45) is 4.24. The number of rotatable bonds is 4. The van der Waals surface area contributed by atoms with Crippen molar-refractivity contribution in [3.05, 3.63) is 66.2 Å². The molecule has 17 heavy (non-hydrogen) atoms. The monoisotopic (exact) mass is 242 g/mol. The molecule has 0 saturated heterocycles. The summed E-state index contributed by atoms with van der Waals surface area (Å²) in [5.41, 5.74) is 1.21. The number of hydrogen-bond donors (Lipinski definition) is 1. The molecule has 0 amide bonds. The van der Waals surface area contributed by atoms with Crippen molar-refractivity contribution < 1.29 is 5.11 Å². The van der Waals surface area contributed by atoms with E-state index in [4.69, 9.17) is 0 Å². The van der Waals surface area contributed by atoms with E-state index in [1.165, 1.54) is 5.56 Å². The van der Waals surface area contributed by atoms with Gasteiger partial charge in [-0.15, -0.1) is 11.8 Å². The van der Waals surface area contributed by atoms with Gasteiger partial charge in [-0.2, -0.15) is 0 Å². The number of phenols is 1. The Balaban J connectivity index is 1.86. The van der Waals surface area contributed by atoms with E-state index in [2.05, 4.69) is 24.3 Å². The molecule has 0 fully saturated rings. The van der Waals surface area contributed by atoms with Crippen LogP contribution in [0.1, 0.15) is 5.56 Å². The highest BCUT2D eigenvalue weighted by Crippen LogP contribution is 2.22. The third kappa shape index (κ3) is 4.00. The summed E-state index contributed by atoms with van der Waals surface area (Å²) in [7, 11) is 0. The SMILES string of the molecule is Oc1cccc(SC/C=C/c2ccccc2)c1. The van der Waals surface area contributed by atoms with Gasteiger partial charge in [-0.05, 0) is 23.8 Å². The zero-order chi connectivity index (χ0) is 11.9. The van der Waals surface area contributed by atoms with Gasteiger partial charge in [0, 0.05) is 10.6 Å². The lowest BCUT2D eigenvalue weighted by Gasteiger charge is -1.98. The zero-order valence-corrected chi connectivity index (χ0v) is 10.2. The number of aromatic hydroxyl groups is 1. The van der Waals surface area contributed by atoms with E-state index in [0.717, 1.165) is 10.6 Å². The minimum absolute atomic E-state index is 0.321. The average molecular weight is 242 g/mol. The molecule has 0 atom stereocenters. The van der Waals surface area contributed by atoms with Crippen LogP contribution >= 0.6 is 11.8 Å². The molecule has 1 nitrogen and oxygen atoms in total. The van der Waals surface area contributed by atoms with Gasteiger partial charge in [0.2, 0.25) is 0 Å². The molecular weight excluding hydrogens is 228 g/mol. The minimum Gasteiger partial charge on any atom is -0.508 e. The van der Waals surface area contributed by atoms with Crippen LogP contribution in [0, 0.1) is 0 Å².